The fraction of sp³-hybridized carbons (Fsp3) is 0.391. The van der Waals surface area contributed by atoms with Crippen molar-refractivity contribution in [2.45, 2.75) is 60.6 Å². The van der Waals surface area contributed by atoms with E-state index in [4.69, 9.17) is 11.6 Å². The van der Waals surface area contributed by atoms with Crippen molar-refractivity contribution < 1.29 is 4.79 Å². The number of H-pyrrole nitrogens is 1. The highest BCUT2D eigenvalue weighted by Gasteiger charge is 2.27. The van der Waals surface area contributed by atoms with E-state index in [1.54, 1.807) is 0 Å². The molecule has 1 atom stereocenters. The number of pyridine rings is 1. The van der Waals surface area contributed by atoms with E-state index in [0.717, 1.165) is 51.6 Å². The minimum atomic E-state index is -0.0385. The van der Waals surface area contributed by atoms with Gasteiger partial charge in [0.15, 0.2) is 0 Å². The first-order chi connectivity index (χ1) is 14.1. The lowest BCUT2D eigenvalue weighted by molar-refractivity contribution is -0.119. The van der Waals surface area contributed by atoms with Gasteiger partial charge in [-0.05, 0) is 61.8 Å². The number of hydrogen-bond acceptors (Lipinski definition) is 3. The molecule has 4 nitrogen and oxygen atoms in total. The zero-order valence-electron chi connectivity index (χ0n) is 16.0. The van der Waals surface area contributed by atoms with Crippen LogP contribution in [0.15, 0.2) is 46.1 Å². The maximum absolute atomic E-state index is 12.6. The third kappa shape index (κ3) is 4.31. The zero-order chi connectivity index (χ0) is 20.0. The van der Waals surface area contributed by atoms with Crippen molar-refractivity contribution in [3.05, 3.63) is 68.6 Å². The quantitative estimate of drug-likeness (QED) is 0.692. The summed E-state index contributed by atoms with van der Waals surface area (Å²) < 4.78 is 0. The molecule has 0 spiro atoms. The van der Waals surface area contributed by atoms with Crippen LogP contribution in [-0.2, 0) is 4.79 Å². The number of aromatic nitrogens is 1. The minimum absolute atomic E-state index is 0.0154. The maximum Gasteiger partial charge on any atom is 0.251 e. The topological polar surface area (TPSA) is 62.0 Å². The fourth-order valence-electron chi connectivity index (χ4n) is 3.79. The van der Waals surface area contributed by atoms with Gasteiger partial charge in [0.1, 0.15) is 0 Å². The van der Waals surface area contributed by atoms with Gasteiger partial charge in [0.05, 0.1) is 5.02 Å². The molecule has 1 amide bonds. The summed E-state index contributed by atoms with van der Waals surface area (Å²) in [5.41, 5.74) is 3.47. The highest BCUT2D eigenvalue weighted by molar-refractivity contribution is 8.00. The summed E-state index contributed by atoms with van der Waals surface area (Å²) >= 11 is 8.42. The van der Waals surface area contributed by atoms with Crippen molar-refractivity contribution in [1.29, 1.82) is 0 Å². The van der Waals surface area contributed by atoms with Crippen molar-refractivity contribution in [3.63, 3.8) is 0 Å². The average Bonchev–Trinajstić information content (AvgIpc) is 3.62. The molecular formula is C23H23ClN2O2S. The Morgan fingerprint density at radius 3 is 2.52 bits per heavy atom. The smallest absolute Gasteiger partial charge is 0.251 e. The van der Waals surface area contributed by atoms with E-state index in [0.29, 0.717) is 17.6 Å². The summed E-state index contributed by atoms with van der Waals surface area (Å²) in [6.07, 6.45) is 8.03. The normalized spacial score (nSPS) is 22.0. The Morgan fingerprint density at radius 2 is 1.90 bits per heavy atom. The number of aromatic amines is 1. The Balaban J connectivity index is 1.52. The van der Waals surface area contributed by atoms with Gasteiger partial charge < -0.3 is 10.3 Å². The van der Waals surface area contributed by atoms with Crippen LogP contribution in [-0.4, -0.2) is 22.2 Å². The Kier molecular flexibility index (Phi) is 5.04. The lowest BCUT2D eigenvalue weighted by Gasteiger charge is -2.14. The molecule has 0 unspecified atom stereocenters. The Hall–Kier alpha value is -1.98. The van der Waals surface area contributed by atoms with Gasteiger partial charge >= 0.3 is 0 Å². The first kappa shape index (κ1) is 19.0. The SMILES string of the molecule is O=C1CC[C@H](C=C(c2ccc(SC3CC3)c(Cl)c2)c2ccc(C3CC3)c(=O)[nH]2)N1. The van der Waals surface area contributed by atoms with E-state index >= 15 is 0 Å². The molecule has 0 bridgehead atoms. The van der Waals surface area contributed by atoms with Gasteiger partial charge in [-0.1, -0.05) is 29.8 Å². The highest BCUT2D eigenvalue weighted by atomic mass is 35.5. The van der Waals surface area contributed by atoms with Crippen LogP contribution < -0.4 is 10.9 Å². The lowest BCUT2D eigenvalue weighted by atomic mass is 9.98. The summed E-state index contributed by atoms with van der Waals surface area (Å²) in [7, 11) is 0. The standard InChI is InChI=1S/C23H23ClN2O2S/c24-19-11-14(3-9-21(19)29-16-5-6-16)18(12-15-4-10-22(27)25-15)20-8-7-17(13-1-2-13)23(28)26-20/h3,7-9,11-13,15-16H,1-2,4-6,10H2,(H,25,27)(H,26,28)/t15-/m1/s1. The minimum Gasteiger partial charge on any atom is -0.350 e. The van der Waals surface area contributed by atoms with Gasteiger partial charge in [-0.3, -0.25) is 9.59 Å². The number of nitrogens with one attached hydrogen (secondary N) is 2. The van der Waals surface area contributed by atoms with Crippen LogP contribution in [0.3, 0.4) is 0 Å². The van der Waals surface area contributed by atoms with E-state index in [1.807, 2.05) is 36.0 Å². The van der Waals surface area contributed by atoms with Crippen LogP contribution in [0.5, 0.6) is 0 Å². The molecule has 1 saturated heterocycles. The van der Waals surface area contributed by atoms with E-state index in [9.17, 15) is 9.59 Å². The molecule has 3 aliphatic rings. The molecule has 2 N–H and O–H groups in total. The fourth-order valence-corrected chi connectivity index (χ4v) is 5.16. The van der Waals surface area contributed by atoms with Crippen molar-refractivity contribution in [3.8, 4) is 0 Å². The molecule has 6 heteroatoms. The molecule has 2 heterocycles. The molecule has 150 valence electrons. The lowest BCUT2D eigenvalue weighted by Crippen LogP contribution is -2.23. The summed E-state index contributed by atoms with van der Waals surface area (Å²) in [5, 5.41) is 4.42. The molecule has 5 rings (SSSR count). The molecule has 1 aliphatic heterocycles. The van der Waals surface area contributed by atoms with Gasteiger partial charge in [-0.15, -0.1) is 11.8 Å². The summed E-state index contributed by atoms with van der Waals surface area (Å²) in [4.78, 5) is 28.5. The molecule has 1 aromatic heterocycles. The van der Waals surface area contributed by atoms with Gasteiger partial charge in [0.25, 0.3) is 5.56 Å². The number of carbonyl (C=O) groups is 1. The van der Waals surface area contributed by atoms with E-state index < -0.39 is 0 Å². The number of halogens is 1. The van der Waals surface area contributed by atoms with Crippen molar-refractivity contribution >= 4 is 34.8 Å². The summed E-state index contributed by atoms with van der Waals surface area (Å²) in [5.74, 6) is 0.472. The second-order valence-corrected chi connectivity index (χ2v) is 9.94. The first-order valence-corrected chi connectivity index (χ1v) is 11.5. The zero-order valence-corrected chi connectivity index (χ0v) is 17.6. The molecule has 2 aromatic rings. The van der Waals surface area contributed by atoms with E-state index in [-0.39, 0.29) is 17.5 Å². The van der Waals surface area contributed by atoms with Crippen LogP contribution in [0.25, 0.3) is 5.57 Å². The van der Waals surface area contributed by atoms with Gasteiger partial charge in [-0.25, -0.2) is 0 Å². The summed E-state index contributed by atoms with van der Waals surface area (Å²) in [6.45, 7) is 0. The van der Waals surface area contributed by atoms with Gasteiger partial charge in [0, 0.05) is 39.4 Å². The molecule has 2 saturated carbocycles. The average molecular weight is 427 g/mol. The van der Waals surface area contributed by atoms with Crippen LogP contribution in [0.2, 0.25) is 5.02 Å². The second-order valence-electron chi connectivity index (χ2n) is 8.19. The number of rotatable bonds is 6. The molecule has 29 heavy (non-hydrogen) atoms. The largest absolute Gasteiger partial charge is 0.350 e. The van der Waals surface area contributed by atoms with Crippen molar-refractivity contribution in [1.82, 2.24) is 10.3 Å². The van der Waals surface area contributed by atoms with Gasteiger partial charge in [0.2, 0.25) is 5.91 Å². The molecule has 1 aromatic carbocycles. The molecular weight excluding hydrogens is 404 g/mol. The Labute approximate surface area is 179 Å². The first-order valence-electron chi connectivity index (χ1n) is 10.3. The van der Waals surface area contributed by atoms with Crippen LogP contribution in [0.1, 0.15) is 61.3 Å². The number of amides is 1. The Morgan fingerprint density at radius 1 is 1.07 bits per heavy atom. The summed E-state index contributed by atoms with van der Waals surface area (Å²) in [6, 6.07) is 10.0. The highest BCUT2D eigenvalue weighted by Crippen LogP contribution is 2.43. The van der Waals surface area contributed by atoms with Gasteiger partial charge in [-0.2, -0.15) is 0 Å². The van der Waals surface area contributed by atoms with Crippen molar-refractivity contribution in [2.75, 3.05) is 0 Å². The third-order valence-corrected chi connectivity index (χ3v) is 7.54. The van der Waals surface area contributed by atoms with Crippen LogP contribution in [0, 0.1) is 0 Å². The van der Waals surface area contributed by atoms with Crippen LogP contribution >= 0.6 is 23.4 Å². The molecule has 0 radical (unpaired) electrons. The number of hydrogen-bond donors (Lipinski definition) is 2. The van der Waals surface area contributed by atoms with E-state index in [2.05, 4.69) is 22.4 Å². The van der Waals surface area contributed by atoms with Crippen LogP contribution in [0.4, 0.5) is 0 Å². The number of carbonyl (C=O) groups excluding carboxylic acids is 1. The number of thioether (sulfide) groups is 1. The van der Waals surface area contributed by atoms with E-state index in [1.165, 1.54) is 12.8 Å². The predicted octanol–water partition coefficient (Wildman–Crippen LogP) is 4.87. The molecule has 3 fully saturated rings. The second kappa shape index (κ2) is 7.69. The van der Waals surface area contributed by atoms with Crippen molar-refractivity contribution in [2.24, 2.45) is 0 Å². The molecule has 2 aliphatic carbocycles. The predicted molar refractivity (Wildman–Crippen MR) is 118 cm³/mol. The maximum atomic E-state index is 12.6. The monoisotopic (exact) mass is 426 g/mol. The number of benzene rings is 1. The third-order valence-electron chi connectivity index (χ3n) is 5.70. The Bertz CT molecular complexity index is 1050.